The first kappa shape index (κ1) is 29.6. The smallest absolute Gasteiger partial charge is 0.244 e. The van der Waals surface area contributed by atoms with Gasteiger partial charge in [-0.1, -0.05) is 48.9 Å². The quantitative estimate of drug-likeness (QED) is 0.398. The summed E-state index contributed by atoms with van der Waals surface area (Å²) in [6.07, 6.45) is 9.73. The molecule has 0 spiro atoms. The average Bonchev–Trinajstić information content (AvgIpc) is 2.92. The molecule has 4 aliphatic rings. The Hall–Kier alpha value is -2.87. The molecule has 2 aromatic carbocycles. The van der Waals surface area contributed by atoms with Gasteiger partial charge in [0, 0.05) is 13.1 Å². The second-order valence-corrected chi connectivity index (χ2v) is 14.9. The van der Waals surface area contributed by atoms with E-state index in [9.17, 15) is 18.0 Å². The predicted molar refractivity (Wildman–Crippen MR) is 163 cm³/mol. The van der Waals surface area contributed by atoms with Crippen molar-refractivity contribution in [2.45, 2.75) is 83.7 Å². The maximum atomic E-state index is 13.8. The van der Waals surface area contributed by atoms with E-state index in [1.165, 1.54) is 53.3 Å². The van der Waals surface area contributed by atoms with Crippen molar-refractivity contribution in [2.75, 3.05) is 23.7 Å². The monoisotopic (exact) mass is 579 g/mol. The minimum atomic E-state index is -3.76. The van der Waals surface area contributed by atoms with Crippen molar-refractivity contribution >= 4 is 27.5 Å². The lowest BCUT2D eigenvalue weighted by molar-refractivity contribution is -0.139. The number of nitrogens with zero attached hydrogens (tertiary/aromatic N) is 2. The lowest BCUT2D eigenvalue weighted by Gasteiger charge is -2.57. The van der Waals surface area contributed by atoms with Crippen molar-refractivity contribution in [2.24, 2.45) is 17.8 Å². The lowest BCUT2D eigenvalue weighted by atomic mass is 9.48. The minimum absolute atomic E-state index is 0.211. The van der Waals surface area contributed by atoms with Crippen LogP contribution in [0, 0.1) is 24.7 Å². The summed E-state index contributed by atoms with van der Waals surface area (Å²) in [5, 5.41) is 2.87. The third-order valence-electron chi connectivity index (χ3n) is 9.68. The van der Waals surface area contributed by atoms with Gasteiger partial charge < -0.3 is 10.2 Å². The summed E-state index contributed by atoms with van der Waals surface area (Å²) in [7, 11) is -3.76. The van der Waals surface area contributed by atoms with Gasteiger partial charge in [-0.25, -0.2) is 8.42 Å². The van der Waals surface area contributed by atoms with Gasteiger partial charge in [0.25, 0.3) is 0 Å². The molecular weight excluding hydrogens is 534 g/mol. The van der Waals surface area contributed by atoms with E-state index in [4.69, 9.17) is 0 Å². The van der Waals surface area contributed by atoms with Crippen LogP contribution in [0.25, 0.3) is 0 Å². The van der Waals surface area contributed by atoms with Crippen LogP contribution in [0.3, 0.4) is 0 Å². The Labute approximate surface area is 245 Å². The SMILES string of the molecule is CCCNC(=O)C(C)N(Cc1ccc(C)cc1)C(=O)CN(c1ccc(C23CC4CC(CC(C4)C2)C3)cc1)S(C)(=O)=O. The number of nitrogens with one attached hydrogen (secondary N) is 1. The fourth-order valence-electron chi connectivity index (χ4n) is 7.93. The fourth-order valence-corrected chi connectivity index (χ4v) is 8.78. The number of carbonyl (C=O) groups is 2. The number of anilines is 1. The first-order chi connectivity index (χ1) is 19.5. The van der Waals surface area contributed by atoms with Crippen LogP contribution in [0.1, 0.15) is 75.5 Å². The largest absolute Gasteiger partial charge is 0.354 e. The van der Waals surface area contributed by atoms with Crippen LogP contribution in [-0.2, 0) is 31.6 Å². The van der Waals surface area contributed by atoms with E-state index in [0.717, 1.165) is 41.6 Å². The summed E-state index contributed by atoms with van der Waals surface area (Å²) in [4.78, 5) is 28.2. The van der Waals surface area contributed by atoms with Crippen molar-refractivity contribution in [3.8, 4) is 0 Å². The maximum absolute atomic E-state index is 13.8. The van der Waals surface area contributed by atoms with Crippen LogP contribution in [0.2, 0.25) is 0 Å². The Morgan fingerprint density at radius 3 is 2.02 bits per heavy atom. The molecule has 0 saturated heterocycles. The Morgan fingerprint density at radius 2 is 1.51 bits per heavy atom. The molecule has 4 bridgehead atoms. The fraction of sp³-hybridized carbons (Fsp3) is 0.576. The topological polar surface area (TPSA) is 86.8 Å². The molecule has 0 aliphatic heterocycles. The number of carbonyl (C=O) groups excluding carboxylic acids is 2. The van der Waals surface area contributed by atoms with Gasteiger partial charge in [-0.15, -0.1) is 0 Å². The Balaban J connectivity index is 1.37. The van der Waals surface area contributed by atoms with E-state index < -0.39 is 22.0 Å². The molecule has 1 N–H and O–H groups in total. The molecule has 4 saturated carbocycles. The summed E-state index contributed by atoms with van der Waals surface area (Å²) >= 11 is 0. The Kier molecular flexibility index (Phi) is 8.51. The highest BCUT2D eigenvalue weighted by atomic mass is 32.2. The van der Waals surface area contributed by atoms with E-state index in [-0.39, 0.29) is 24.4 Å². The first-order valence-electron chi connectivity index (χ1n) is 15.2. The average molecular weight is 580 g/mol. The second kappa shape index (κ2) is 11.8. The zero-order chi connectivity index (χ0) is 29.4. The number of amides is 2. The summed E-state index contributed by atoms with van der Waals surface area (Å²) in [6.45, 7) is 6.02. The van der Waals surface area contributed by atoms with Gasteiger partial charge in [0.1, 0.15) is 12.6 Å². The van der Waals surface area contributed by atoms with Gasteiger partial charge in [0.05, 0.1) is 11.9 Å². The molecule has 6 rings (SSSR count). The van der Waals surface area contributed by atoms with Crippen molar-refractivity contribution in [1.29, 1.82) is 0 Å². The molecule has 222 valence electrons. The Morgan fingerprint density at radius 1 is 0.951 bits per heavy atom. The van der Waals surface area contributed by atoms with Crippen LogP contribution in [0.15, 0.2) is 48.5 Å². The molecule has 0 radical (unpaired) electrons. The molecule has 8 heteroatoms. The highest BCUT2D eigenvalue weighted by molar-refractivity contribution is 7.92. The van der Waals surface area contributed by atoms with Gasteiger partial charge in [0.2, 0.25) is 21.8 Å². The van der Waals surface area contributed by atoms with E-state index >= 15 is 0 Å². The number of aryl methyl sites for hydroxylation is 1. The minimum Gasteiger partial charge on any atom is -0.354 e. The van der Waals surface area contributed by atoms with Gasteiger partial charge in [-0.3, -0.25) is 13.9 Å². The second-order valence-electron chi connectivity index (χ2n) is 13.0. The molecule has 0 heterocycles. The molecular formula is C33H45N3O4S. The third-order valence-corrected chi connectivity index (χ3v) is 10.8. The molecule has 4 fully saturated rings. The normalized spacial score (nSPS) is 25.5. The van der Waals surface area contributed by atoms with Gasteiger partial charge in [-0.2, -0.15) is 0 Å². The molecule has 7 nitrogen and oxygen atoms in total. The van der Waals surface area contributed by atoms with Crippen LogP contribution in [-0.4, -0.2) is 50.5 Å². The third kappa shape index (κ3) is 6.47. The molecule has 2 amide bonds. The number of benzene rings is 2. The van der Waals surface area contributed by atoms with Gasteiger partial charge in [-0.05, 0) is 105 Å². The van der Waals surface area contributed by atoms with Gasteiger partial charge in [0.15, 0.2) is 0 Å². The van der Waals surface area contributed by atoms with Crippen molar-refractivity contribution in [3.05, 3.63) is 65.2 Å². The van der Waals surface area contributed by atoms with Crippen LogP contribution in [0.4, 0.5) is 5.69 Å². The molecule has 41 heavy (non-hydrogen) atoms. The summed E-state index contributed by atoms with van der Waals surface area (Å²) < 4.78 is 27.2. The standard InChI is InChI=1S/C33H45N3O4S/c1-5-14-34-32(38)24(3)35(21-25-8-6-23(2)7-9-25)31(37)22-36(41(4,39)40)30-12-10-29(11-13-30)33-18-26-15-27(19-33)17-28(16-26)20-33/h6-13,24,26-28H,5,14-22H2,1-4H3,(H,34,38). The van der Waals surface area contributed by atoms with E-state index in [2.05, 4.69) is 17.4 Å². The van der Waals surface area contributed by atoms with Crippen molar-refractivity contribution < 1.29 is 18.0 Å². The van der Waals surface area contributed by atoms with E-state index in [1.807, 2.05) is 50.2 Å². The van der Waals surface area contributed by atoms with Crippen molar-refractivity contribution in [1.82, 2.24) is 10.2 Å². The highest BCUT2D eigenvalue weighted by Gasteiger charge is 2.51. The van der Waals surface area contributed by atoms with Crippen molar-refractivity contribution in [3.63, 3.8) is 0 Å². The van der Waals surface area contributed by atoms with E-state index in [1.54, 1.807) is 6.92 Å². The lowest BCUT2D eigenvalue weighted by Crippen LogP contribution is -2.51. The number of hydrogen-bond donors (Lipinski definition) is 1. The predicted octanol–water partition coefficient (Wildman–Crippen LogP) is 5.17. The molecule has 2 aromatic rings. The zero-order valence-electron chi connectivity index (χ0n) is 24.9. The van der Waals surface area contributed by atoms with Crippen LogP contribution >= 0.6 is 0 Å². The number of rotatable bonds is 11. The summed E-state index contributed by atoms with van der Waals surface area (Å²) in [5.41, 5.74) is 3.98. The highest BCUT2D eigenvalue weighted by Crippen LogP contribution is 2.60. The maximum Gasteiger partial charge on any atom is 0.244 e. The van der Waals surface area contributed by atoms with Crippen LogP contribution in [0.5, 0.6) is 0 Å². The molecule has 1 unspecified atom stereocenters. The van der Waals surface area contributed by atoms with E-state index in [0.29, 0.717) is 12.2 Å². The van der Waals surface area contributed by atoms with Crippen LogP contribution < -0.4 is 9.62 Å². The number of sulfonamides is 1. The number of hydrogen-bond acceptors (Lipinski definition) is 4. The zero-order valence-corrected chi connectivity index (χ0v) is 25.8. The first-order valence-corrected chi connectivity index (χ1v) is 17.0. The molecule has 1 atom stereocenters. The Bertz CT molecular complexity index is 1320. The summed E-state index contributed by atoms with van der Waals surface area (Å²) in [6, 6.07) is 15.0. The van der Waals surface area contributed by atoms with Gasteiger partial charge >= 0.3 is 0 Å². The molecule has 4 aliphatic carbocycles. The summed E-state index contributed by atoms with van der Waals surface area (Å²) in [5.74, 6) is 1.80. The molecule has 0 aromatic heterocycles.